The van der Waals surface area contributed by atoms with E-state index in [1.54, 1.807) is 0 Å². The molecule has 0 spiro atoms. The molecule has 0 rings (SSSR count). The summed E-state index contributed by atoms with van der Waals surface area (Å²) in [6, 6.07) is 0. The molecule has 1 N–H and O–H groups in total. The van der Waals surface area contributed by atoms with Crippen molar-refractivity contribution in [3.05, 3.63) is 0 Å². The Balaban J connectivity index is 3.31. The van der Waals surface area contributed by atoms with Crippen LogP contribution in [0.25, 0.3) is 0 Å². The second kappa shape index (κ2) is 7.28. The molecule has 1 heteroatoms. The first-order valence-electron chi connectivity index (χ1n) is 6.20. The van der Waals surface area contributed by atoms with E-state index in [-0.39, 0.29) is 5.54 Å². The topological polar surface area (TPSA) is 12.0 Å². The van der Waals surface area contributed by atoms with Crippen molar-refractivity contribution >= 4 is 0 Å². The van der Waals surface area contributed by atoms with Gasteiger partial charge >= 0.3 is 0 Å². The van der Waals surface area contributed by atoms with E-state index in [0.29, 0.717) is 0 Å². The molecule has 0 bridgehead atoms. The third-order valence-corrected chi connectivity index (χ3v) is 2.59. The number of nitrogens with one attached hydrogen (secondary N) is 1. The van der Waals surface area contributed by atoms with Crippen molar-refractivity contribution < 1.29 is 0 Å². The molecule has 86 valence electrons. The first kappa shape index (κ1) is 14.0. The van der Waals surface area contributed by atoms with Gasteiger partial charge in [0, 0.05) is 5.54 Å². The highest BCUT2D eigenvalue weighted by molar-refractivity contribution is 4.70. The summed E-state index contributed by atoms with van der Waals surface area (Å²) >= 11 is 0. The van der Waals surface area contributed by atoms with Gasteiger partial charge in [-0.05, 0) is 39.7 Å². The van der Waals surface area contributed by atoms with Crippen molar-refractivity contribution in [1.29, 1.82) is 0 Å². The van der Waals surface area contributed by atoms with Gasteiger partial charge in [-0.2, -0.15) is 0 Å². The molecule has 0 aromatic heterocycles. The molecule has 0 aliphatic rings. The van der Waals surface area contributed by atoms with Crippen LogP contribution in [0.4, 0.5) is 0 Å². The molecule has 0 heterocycles. The molecule has 14 heavy (non-hydrogen) atoms. The van der Waals surface area contributed by atoms with Gasteiger partial charge in [0.2, 0.25) is 0 Å². The lowest BCUT2D eigenvalue weighted by molar-refractivity contribution is 0.381. The average molecular weight is 199 g/mol. The van der Waals surface area contributed by atoms with Crippen LogP contribution >= 0.6 is 0 Å². The number of hydrogen-bond donors (Lipinski definition) is 1. The average Bonchev–Trinajstić information content (AvgIpc) is 2.02. The van der Waals surface area contributed by atoms with Crippen LogP contribution in [0.1, 0.15) is 66.7 Å². The maximum atomic E-state index is 3.54. The summed E-state index contributed by atoms with van der Waals surface area (Å²) in [6.07, 6.45) is 6.87. The minimum absolute atomic E-state index is 0.281. The van der Waals surface area contributed by atoms with E-state index in [1.807, 2.05) is 0 Å². The molecule has 0 amide bonds. The Hall–Kier alpha value is -0.0400. The predicted molar refractivity (Wildman–Crippen MR) is 65.7 cm³/mol. The van der Waals surface area contributed by atoms with Crippen molar-refractivity contribution in [2.75, 3.05) is 6.54 Å². The minimum atomic E-state index is 0.281. The Morgan fingerprint density at radius 3 is 2.21 bits per heavy atom. The standard InChI is InChI=1S/C13H29N/c1-6-7-8-9-12(2)10-11-14-13(3,4)5/h12,14H,6-11H2,1-5H3. The van der Waals surface area contributed by atoms with Crippen LogP contribution in [0.15, 0.2) is 0 Å². The maximum absolute atomic E-state index is 3.54. The lowest BCUT2D eigenvalue weighted by Crippen LogP contribution is -2.36. The molecular formula is C13H29N. The SMILES string of the molecule is CCCCCC(C)CCNC(C)(C)C. The highest BCUT2D eigenvalue weighted by Gasteiger charge is 2.09. The third kappa shape index (κ3) is 10.0. The second-order valence-electron chi connectivity index (χ2n) is 5.57. The predicted octanol–water partition coefficient (Wildman–Crippen LogP) is 3.98. The summed E-state index contributed by atoms with van der Waals surface area (Å²) in [4.78, 5) is 0. The number of hydrogen-bond acceptors (Lipinski definition) is 1. The summed E-state index contributed by atoms with van der Waals surface area (Å²) in [5, 5.41) is 3.54. The summed E-state index contributed by atoms with van der Waals surface area (Å²) in [6.45, 7) is 12.5. The van der Waals surface area contributed by atoms with Crippen LogP contribution in [0.3, 0.4) is 0 Å². The van der Waals surface area contributed by atoms with Crippen molar-refractivity contribution in [1.82, 2.24) is 5.32 Å². The van der Waals surface area contributed by atoms with Gasteiger partial charge in [0.1, 0.15) is 0 Å². The Labute approximate surface area is 90.7 Å². The molecule has 0 saturated carbocycles. The van der Waals surface area contributed by atoms with E-state index in [4.69, 9.17) is 0 Å². The zero-order valence-electron chi connectivity index (χ0n) is 10.8. The fourth-order valence-corrected chi connectivity index (χ4v) is 1.58. The van der Waals surface area contributed by atoms with Gasteiger partial charge in [-0.15, -0.1) is 0 Å². The van der Waals surface area contributed by atoms with E-state index in [1.165, 1.54) is 32.1 Å². The molecule has 0 aromatic rings. The summed E-state index contributed by atoms with van der Waals surface area (Å²) in [5.41, 5.74) is 0.281. The molecule has 0 radical (unpaired) electrons. The van der Waals surface area contributed by atoms with E-state index in [9.17, 15) is 0 Å². The van der Waals surface area contributed by atoms with Crippen LogP contribution in [0.5, 0.6) is 0 Å². The van der Waals surface area contributed by atoms with Crippen LogP contribution in [0, 0.1) is 5.92 Å². The van der Waals surface area contributed by atoms with E-state index >= 15 is 0 Å². The first-order chi connectivity index (χ1) is 6.45. The Morgan fingerprint density at radius 1 is 1.07 bits per heavy atom. The van der Waals surface area contributed by atoms with Crippen molar-refractivity contribution in [3.63, 3.8) is 0 Å². The van der Waals surface area contributed by atoms with E-state index in [2.05, 4.69) is 39.9 Å². The fourth-order valence-electron chi connectivity index (χ4n) is 1.58. The van der Waals surface area contributed by atoms with Gasteiger partial charge in [-0.3, -0.25) is 0 Å². The Bertz CT molecular complexity index is 124. The van der Waals surface area contributed by atoms with Crippen molar-refractivity contribution in [2.24, 2.45) is 5.92 Å². The van der Waals surface area contributed by atoms with Crippen LogP contribution in [-0.2, 0) is 0 Å². The lowest BCUT2D eigenvalue weighted by atomic mass is 9.99. The Morgan fingerprint density at radius 2 is 1.71 bits per heavy atom. The van der Waals surface area contributed by atoms with E-state index in [0.717, 1.165) is 12.5 Å². The zero-order valence-corrected chi connectivity index (χ0v) is 10.8. The van der Waals surface area contributed by atoms with Gasteiger partial charge in [0.15, 0.2) is 0 Å². The number of rotatable bonds is 7. The first-order valence-corrected chi connectivity index (χ1v) is 6.20. The third-order valence-electron chi connectivity index (χ3n) is 2.59. The quantitative estimate of drug-likeness (QED) is 0.612. The molecule has 1 unspecified atom stereocenters. The zero-order chi connectivity index (χ0) is 11.0. The van der Waals surface area contributed by atoms with Gasteiger partial charge < -0.3 is 5.32 Å². The van der Waals surface area contributed by atoms with Gasteiger partial charge in [-0.25, -0.2) is 0 Å². The van der Waals surface area contributed by atoms with Crippen molar-refractivity contribution in [2.45, 2.75) is 72.3 Å². The van der Waals surface area contributed by atoms with Gasteiger partial charge in [-0.1, -0.05) is 39.5 Å². The molecule has 0 saturated heterocycles. The van der Waals surface area contributed by atoms with Gasteiger partial charge in [0.25, 0.3) is 0 Å². The molecule has 0 aliphatic heterocycles. The highest BCUT2D eigenvalue weighted by atomic mass is 14.9. The van der Waals surface area contributed by atoms with Crippen LogP contribution < -0.4 is 5.32 Å². The van der Waals surface area contributed by atoms with E-state index < -0.39 is 0 Å². The normalized spacial score (nSPS) is 14.4. The van der Waals surface area contributed by atoms with Gasteiger partial charge in [0.05, 0.1) is 0 Å². The van der Waals surface area contributed by atoms with Crippen molar-refractivity contribution in [3.8, 4) is 0 Å². The lowest BCUT2D eigenvalue weighted by Gasteiger charge is -2.21. The van der Waals surface area contributed by atoms with Crippen LogP contribution in [-0.4, -0.2) is 12.1 Å². The summed E-state index contributed by atoms with van der Waals surface area (Å²) < 4.78 is 0. The Kier molecular flexibility index (Phi) is 7.26. The fraction of sp³-hybridized carbons (Fsp3) is 1.00. The molecule has 0 aromatic carbocycles. The molecule has 1 nitrogen and oxygen atoms in total. The maximum Gasteiger partial charge on any atom is 0.00965 e. The second-order valence-corrected chi connectivity index (χ2v) is 5.57. The minimum Gasteiger partial charge on any atom is -0.312 e. The molecule has 0 fully saturated rings. The highest BCUT2D eigenvalue weighted by Crippen LogP contribution is 2.12. The molecular weight excluding hydrogens is 170 g/mol. The monoisotopic (exact) mass is 199 g/mol. The molecule has 0 aliphatic carbocycles. The summed E-state index contributed by atoms with van der Waals surface area (Å²) in [7, 11) is 0. The molecule has 1 atom stereocenters. The van der Waals surface area contributed by atoms with Crippen LogP contribution in [0.2, 0.25) is 0 Å². The summed E-state index contributed by atoms with van der Waals surface area (Å²) in [5.74, 6) is 0.886. The number of unbranched alkanes of at least 4 members (excludes halogenated alkanes) is 2. The largest absolute Gasteiger partial charge is 0.312 e. The smallest absolute Gasteiger partial charge is 0.00965 e.